The SMILES string of the molecule is COC(=O)C1=C(C)NC(c2ncc(F)cc2F)=NC12c1ccccc1CC2(F)F. The minimum absolute atomic E-state index is 0.0174. The summed E-state index contributed by atoms with van der Waals surface area (Å²) in [6.45, 7) is 1.39. The first-order valence-corrected chi connectivity index (χ1v) is 8.65. The minimum atomic E-state index is -3.51. The molecule has 0 radical (unpaired) electrons. The number of carbonyl (C=O) groups excluding carboxylic acids is 1. The second-order valence-electron chi connectivity index (χ2n) is 6.81. The summed E-state index contributed by atoms with van der Waals surface area (Å²) < 4.78 is 63.4. The van der Waals surface area contributed by atoms with Crippen LogP contribution in [0.2, 0.25) is 0 Å². The molecule has 2 aliphatic rings. The predicted octanol–water partition coefficient (Wildman–Crippen LogP) is 3.24. The van der Waals surface area contributed by atoms with E-state index in [0.717, 1.165) is 13.3 Å². The van der Waals surface area contributed by atoms with Crippen LogP contribution in [-0.4, -0.2) is 29.8 Å². The summed E-state index contributed by atoms with van der Waals surface area (Å²) in [6.07, 6.45) is 0.0952. The van der Waals surface area contributed by atoms with Gasteiger partial charge in [0.05, 0.1) is 18.9 Å². The lowest BCUT2D eigenvalue weighted by Crippen LogP contribution is -2.51. The number of halogens is 4. The molecule has 2 heterocycles. The lowest BCUT2D eigenvalue weighted by Gasteiger charge is -2.38. The molecule has 0 saturated carbocycles. The van der Waals surface area contributed by atoms with E-state index in [0.29, 0.717) is 11.6 Å². The van der Waals surface area contributed by atoms with Crippen LogP contribution in [0.1, 0.15) is 23.7 Å². The number of nitrogens with one attached hydrogen (secondary N) is 1. The third kappa shape index (κ3) is 2.64. The van der Waals surface area contributed by atoms with E-state index in [9.17, 15) is 13.6 Å². The summed E-state index contributed by atoms with van der Waals surface area (Å²) in [5, 5.41) is 2.65. The van der Waals surface area contributed by atoms with E-state index < -0.39 is 41.2 Å². The van der Waals surface area contributed by atoms with Crippen LogP contribution in [0.3, 0.4) is 0 Å². The highest BCUT2D eigenvalue weighted by Crippen LogP contribution is 2.56. The number of rotatable bonds is 2. The summed E-state index contributed by atoms with van der Waals surface area (Å²) in [7, 11) is 1.08. The van der Waals surface area contributed by atoms with Crippen molar-refractivity contribution in [3.05, 3.63) is 76.3 Å². The smallest absolute Gasteiger partial charge is 0.338 e. The van der Waals surface area contributed by atoms with E-state index in [4.69, 9.17) is 4.74 Å². The number of benzene rings is 1. The monoisotopic (exact) mass is 405 g/mol. The van der Waals surface area contributed by atoms with Crippen LogP contribution in [0.15, 0.2) is 52.8 Å². The van der Waals surface area contributed by atoms with Crippen LogP contribution in [0.5, 0.6) is 0 Å². The van der Waals surface area contributed by atoms with E-state index in [1.807, 2.05) is 0 Å². The topological polar surface area (TPSA) is 63.6 Å². The van der Waals surface area contributed by atoms with Gasteiger partial charge in [-0.25, -0.2) is 32.3 Å². The number of nitrogens with zero attached hydrogens (tertiary/aromatic N) is 2. The third-order valence-electron chi connectivity index (χ3n) is 5.09. The number of aliphatic imine (C=N–C) groups is 1. The molecule has 2 aromatic rings. The zero-order valence-electron chi connectivity index (χ0n) is 15.4. The number of hydrogen-bond donors (Lipinski definition) is 1. The number of alkyl halides is 2. The van der Waals surface area contributed by atoms with Gasteiger partial charge in [0, 0.05) is 18.2 Å². The summed E-state index contributed by atoms with van der Waals surface area (Å²) >= 11 is 0. The first-order chi connectivity index (χ1) is 13.7. The Labute approximate surface area is 163 Å². The molecule has 4 rings (SSSR count). The molecule has 1 aromatic heterocycles. The van der Waals surface area contributed by atoms with Crippen molar-refractivity contribution in [1.29, 1.82) is 0 Å². The second kappa shape index (κ2) is 6.40. The highest BCUT2D eigenvalue weighted by atomic mass is 19.3. The summed E-state index contributed by atoms with van der Waals surface area (Å²) in [6, 6.07) is 6.72. The fourth-order valence-electron chi connectivity index (χ4n) is 3.92. The molecule has 1 atom stereocenters. The molecule has 5 nitrogen and oxygen atoms in total. The van der Waals surface area contributed by atoms with E-state index in [2.05, 4.69) is 15.3 Å². The Morgan fingerprint density at radius 2 is 1.97 bits per heavy atom. The maximum atomic E-state index is 15.5. The summed E-state index contributed by atoms with van der Waals surface area (Å²) in [5.41, 5.74) is -2.79. The zero-order valence-corrected chi connectivity index (χ0v) is 15.4. The molecule has 1 aliphatic carbocycles. The number of ether oxygens (including phenoxy) is 1. The van der Waals surface area contributed by atoms with Gasteiger partial charge in [0.2, 0.25) is 0 Å². The highest BCUT2D eigenvalue weighted by molar-refractivity contribution is 6.04. The lowest BCUT2D eigenvalue weighted by molar-refractivity contribution is -0.140. The quantitative estimate of drug-likeness (QED) is 0.616. The largest absolute Gasteiger partial charge is 0.466 e. The van der Waals surface area contributed by atoms with E-state index >= 15 is 8.78 Å². The average molecular weight is 405 g/mol. The van der Waals surface area contributed by atoms with Gasteiger partial charge < -0.3 is 10.1 Å². The number of fused-ring (bicyclic) bond motifs is 2. The number of carbonyl (C=O) groups is 1. The van der Waals surface area contributed by atoms with Crippen LogP contribution in [0.4, 0.5) is 17.6 Å². The lowest BCUT2D eigenvalue weighted by atomic mass is 9.79. The maximum absolute atomic E-state index is 15.5. The van der Waals surface area contributed by atoms with Gasteiger partial charge >= 0.3 is 5.97 Å². The van der Waals surface area contributed by atoms with Gasteiger partial charge in [0.25, 0.3) is 5.92 Å². The first-order valence-electron chi connectivity index (χ1n) is 8.65. The number of aromatic nitrogens is 1. The third-order valence-corrected chi connectivity index (χ3v) is 5.09. The standard InChI is InChI=1S/C20H15F4N3O2/c1-10-15(18(28)29-2)20(13-6-4-3-5-11(13)8-19(20,23)24)27-17(26-10)16-14(22)7-12(21)9-25-16/h3-7,9H,8H2,1-2H3,(H,26,27). The Morgan fingerprint density at radius 1 is 1.24 bits per heavy atom. The molecule has 1 aliphatic heterocycles. The number of allylic oxidation sites excluding steroid dienone is 1. The number of methoxy groups -OCH3 is 1. The van der Waals surface area contributed by atoms with Gasteiger partial charge in [-0.2, -0.15) is 0 Å². The van der Waals surface area contributed by atoms with E-state index in [1.165, 1.54) is 19.1 Å². The first kappa shape index (κ1) is 19.1. The van der Waals surface area contributed by atoms with Crippen molar-refractivity contribution >= 4 is 11.8 Å². The van der Waals surface area contributed by atoms with Crippen molar-refractivity contribution in [2.75, 3.05) is 7.11 Å². The molecule has 0 bridgehead atoms. The van der Waals surface area contributed by atoms with Gasteiger partial charge in [-0.05, 0) is 18.1 Å². The normalized spacial score (nSPS) is 22.2. The van der Waals surface area contributed by atoms with Crippen LogP contribution in [0.25, 0.3) is 0 Å². The van der Waals surface area contributed by atoms with Crippen molar-refractivity contribution in [2.45, 2.75) is 24.8 Å². The van der Waals surface area contributed by atoms with Crippen molar-refractivity contribution < 1.29 is 27.1 Å². The fraction of sp³-hybridized carbons (Fsp3) is 0.250. The van der Waals surface area contributed by atoms with Crippen LogP contribution < -0.4 is 5.32 Å². The van der Waals surface area contributed by atoms with Crippen molar-refractivity contribution in [3.63, 3.8) is 0 Å². The Kier molecular flexibility index (Phi) is 4.21. The van der Waals surface area contributed by atoms with Crippen LogP contribution >= 0.6 is 0 Å². The van der Waals surface area contributed by atoms with Gasteiger partial charge in [0.15, 0.2) is 17.2 Å². The maximum Gasteiger partial charge on any atom is 0.338 e. The molecule has 29 heavy (non-hydrogen) atoms. The molecule has 1 N–H and O–H groups in total. The predicted molar refractivity (Wildman–Crippen MR) is 95.3 cm³/mol. The van der Waals surface area contributed by atoms with Crippen LogP contribution in [-0.2, 0) is 21.5 Å². The van der Waals surface area contributed by atoms with Gasteiger partial charge in [-0.15, -0.1) is 0 Å². The fourth-order valence-corrected chi connectivity index (χ4v) is 3.92. The molecule has 1 aromatic carbocycles. The molecule has 1 spiro atoms. The summed E-state index contributed by atoms with van der Waals surface area (Å²) in [4.78, 5) is 20.3. The number of pyridine rings is 1. The Balaban J connectivity index is 2.04. The summed E-state index contributed by atoms with van der Waals surface area (Å²) in [5.74, 6) is -6.82. The number of amidine groups is 1. The Bertz CT molecular complexity index is 1100. The van der Waals surface area contributed by atoms with Crippen molar-refractivity contribution in [1.82, 2.24) is 10.3 Å². The highest BCUT2D eigenvalue weighted by Gasteiger charge is 2.66. The molecular formula is C20H15F4N3O2. The molecule has 150 valence electrons. The molecule has 1 unspecified atom stereocenters. The van der Waals surface area contributed by atoms with Gasteiger partial charge in [-0.3, -0.25) is 0 Å². The molecule has 0 saturated heterocycles. The molecule has 0 amide bonds. The van der Waals surface area contributed by atoms with E-state index in [-0.39, 0.29) is 22.7 Å². The Morgan fingerprint density at radius 3 is 2.66 bits per heavy atom. The van der Waals surface area contributed by atoms with Crippen molar-refractivity contribution in [3.8, 4) is 0 Å². The average Bonchev–Trinajstić information content (AvgIpc) is 2.87. The van der Waals surface area contributed by atoms with Gasteiger partial charge in [-0.1, -0.05) is 24.3 Å². The Hall–Kier alpha value is -3.23. The zero-order chi connectivity index (χ0) is 21.0. The van der Waals surface area contributed by atoms with Crippen LogP contribution in [0, 0.1) is 11.6 Å². The second-order valence-corrected chi connectivity index (χ2v) is 6.81. The van der Waals surface area contributed by atoms with Gasteiger partial charge in [0.1, 0.15) is 11.5 Å². The number of hydrogen-bond acceptors (Lipinski definition) is 5. The molecule has 0 fully saturated rings. The minimum Gasteiger partial charge on any atom is -0.466 e. The van der Waals surface area contributed by atoms with Crippen molar-refractivity contribution in [2.24, 2.45) is 4.99 Å². The number of esters is 1. The van der Waals surface area contributed by atoms with E-state index in [1.54, 1.807) is 12.1 Å². The molecule has 9 heteroatoms. The molecular weight excluding hydrogens is 390 g/mol.